The molecule has 0 unspecified atom stereocenters. The molecule has 108 valence electrons. The topological polar surface area (TPSA) is 29.0 Å². The highest BCUT2D eigenvalue weighted by Gasteiger charge is 2.15. The van der Waals surface area contributed by atoms with E-state index in [1.54, 1.807) is 23.5 Å². The minimum atomic E-state index is -0.262. The number of aryl methyl sites for hydroxylation is 1. The third-order valence-corrected chi connectivity index (χ3v) is 4.62. The van der Waals surface area contributed by atoms with Crippen LogP contribution in [0.3, 0.4) is 0 Å². The van der Waals surface area contributed by atoms with Gasteiger partial charge in [-0.15, -0.1) is 11.3 Å². The van der Waals surface area contributed by atoms with E-state index in [1.165, 1.54) is 17.0 Å². The number of benzene rings is 1. The van der Waals surface area contributed by atoms with E-state index >= 15 is 0 Å². The van der Waals surface area contributed by atoms with E-state index < -0.39 is 0 Å². The summed E-state index contributed by atoms with van der Waals surface area (Å²) in [5.74, 6) is 0.467. The summed E-state index contributed by atoms with van der Waals surface area (Å²) in [6, 6.07) is 8.37. The predicted molar refractivity (Wildman–Crippen MR) is 86.3 cm³/mol. The van der Waals surface area contributed by atoms with E-state index in [4.69, 9.17) is 11.6 Å². The van der Waals surface area contributed by atoms with Gasteiger partial charge >= 0.3 is 0 Å². The molecular weight excluding hydrogens is 309 g/mol. The summed E-state index contributed by atoms with van der Waals surface area (Å²) < 4.78 is 13.1. The summed E-state index contributed by atoms with van der Waals surface area (Å²) in [5, 5.41) is 1.18. The van der Waals surface area contributed by atoms with Gasteiger partial charge in [0.2, 0.25) is 5.28 Å². The van der Waals surface area contributed by atoms with Crippen LogP contribution in [0, 0.1) is 5.82 Å². The molecule has 0 atom stereocenters. The third-order valence-electron chi connectivity index (χ3n) is 3.28. The van der Waals surface area contributed by atoms with Crippen molar-refractivity contribution < 1.29 is 4.39 Å². The first-order valence-electron chi connectivity index (χ1n) is 6.53. The third kappa shape index (κ3) is 2.71. The van der Waals surface area contributed by atoms with Crippen LogP contribution in [-0.4, -0.2) is 17.0 Å². The van der Waals surface area contributed by atoms with E-state index in [2.05, 4.69) is 23.0 Å². The number of thiophene rings is 1. The lowest BCUT2D eigenvalue weighted by molar-refractivity contribution is 0.628. The molecule has 0 aliphatic rings. The molecule has 0 saturated heterocycles. The van der Waals surface area contributed by atoms with Crippen LogP contribution in [0.15, 0.2) is 30.3 Å². The lowest BCUT2D eigenvalue weighted by Crippen LogP contribution is -2.12. The van der Waals surface area contributed by atoms with Crippen LogP contribution < -0.4 is 4.90 Å². The molecule has 21 heavy (non-hydrogen) atoms. The number of hydrogen-bond donors (Lipinski definition) is 0. The Labute approximate surface area is 131 Å². The van der Waals surface area contributed by atoms with Gasteiger partial charge in [-0.3, -0.25) is 0 Å². The zero-order chi connectivity index (χ0) is 15.0. The standard InChI is InChI=1S/C15H13ClFN3S/c1-3-11-8-12-13(18-15(16)19-14(12)21-11)20(2)10-6-4-9(17)5-7-10/h4-8H,3H2,1-2H3. The molecule has 2 heterocycles. The molecule has 2 aromatic heterocycles. The average Bonchev–Trinajstić information content (AvgIpc) is 2.89. The minimum absolute atomic E-state index is 0.218. The second-order valence-corrected chi connectivity index (χ2v) is 6.09. The van der Waals surface area contributed by atoms with Gasteiger partial charge in [-0.05, 0) is 48.4 Å². The molecule has 0 aliphatic carbocycles. The second-order valence-electron chi connectivity index (χ2n) is 4.64. The van der Waals surface area contributed by atoms with E-state index in [0.717, 1.165) is 28.1 Å². The predicted octanol–water partition coefficient (Wildman–Crippen LogP) is 4.81. The molecule has 0 radical (unpaired) electrons. The Morgan fingerprint density at radius 3 is 2.62 bits per heavy atom. The van der Waals surface area contributed by atoms with Gasteiger partial charge < -0.3 is 4.90 Å². The molecule has 0 N–H and O–H groups in total. The van der Waals surface area contributed by atoms with Crippen LogP contribution >= 0.6 is 22.9 Å². The highest BCUT2D eigenvalue weighted by atomic mass is 35.5. The summed E-state index contributed by atoms with van der Waals surface area (Å²) >= 11 is 7.65. The van der Waals surface area contributed by atoms with Crippen molar-refractivity contribution in [2.75, 3.05) is 11.9 Å². The number of aromatic nitrogens is 2. The fourth-order valence-corrected chi connectivity index (χ4v) is 3.32. The molecule has 0 spiro atoms. The van der Waals surface area contributed by atoms with Crippen molar-refractivity contribution >= 4 is 44.7 Å². The average molecular weight is 322 g/mol. The van der Waals surface area contributed by atoms with Crippen LogP contribution in [0.5, 0.6) is 0 Å². The fourth-order valence-electron chi connectivity index (χ4n) is 2.15. The first kappa shape index (κ1) is 14.2. The van der Waals surface area contributed by atoms with Gasteiger partial charge in [0.15, 0.2) is 0 Å². The normalized spacial score (nSPS) is 11.0. The molecule has 3 rings (SSSR count). The largest absolute Gasteiger partial charge is 0.329 e. The maximum atomic E-state index is 13.1. The molecule has 3 nitrogen and oxygen atoms in total. The minimum Gasteiger partial charge on any atom is -0.329 e. The monoisotopic (exact) mass is 321 g/mol. The maximum Gasteiger partial charge on any atom is 0.225 e. The van der Waals surface area contributed by atoms with Crippen LogP contribution in [0.1, 0.15) is 11.8 Å². The quantitative estimate of drug-likeness (QED) is 0.648. The Hall–Kier alpha value is -1.72. The number of halogens is 2. The lowest BCUT2D eigenvalue weighted by Gasteiger charge is -2.19. The van der Waals surface area contributed by atoms with Crippen molar-refractivity contribution in [1.29, 1.82) is 0 Å². The first-order chi connectivity index (χ1) is 10.1. The van der Waals surface area contributed by atoms with Crippen LogP contribution in [0.25, 0.3) is 10.2 Å². The van der Waals surface area contributed by atoms with Gasteiger partial charge in [-0.1, -0.05) is 6.92 Å². The zero-order valence-electron chi connectivity index (χ0n) is 11.6. The van der Waals surface area contributed by atoms with Gasteiger partial charge in [-0.2, -0.15) is 4.98 Å². The molecule has 0 amide bonds. The SMILES string of the molecule is CCc1cc2c(N(C)c3ccc(F)cc3)nc(Cl)nc2s1. The summed E-state index contributed by atoms with van der Waals surface area (Å²) in [4.78, 5) is 12.6. The Balaban J connectivity index is 2.14. The molecule has 0 saturated carbocycles. The Morgan fingerprint density at radius 2 is 1.95 bits per heavy atom. The lowest BCUT2D eigenvalue weighted by atomic mass is 10.2. The maximum absolute atomic E-state index is 13.1. The number of anilines is 2. The molecule has 0 bridgehead atoms. The van der Waals surface area contributed by atoms with E-state index in [0.29, 0.717) is 0 Å². The molecule has 6 heteroatoms. The summed E-state index contributed by atoms with van der Waals surface area (Å²) in [6.07, 6.45) is 0.943. The van der Waals surface area contributed by atoms with Crippen LogP contribution in [-0.2, 0) is 6.42 Å². The second kappa shape index (κ2) is 5.58. The number of hydrogen-bond acceptors (Lipinski definition) is 4. The Bertz CT molecular complexity index is 785. The van der Waals surface area contributed by atoms with Crippen LogP contribution in [0.4, 0.5) is 15.9 Å². The summed E-state index contributed by atoms with van der Waals surface area (Å²) in [7, 11) is 1.88. The first-order valence-corrected chi connectivity index (χ1v) is 7.73. The van der Waals surface area contributed by atoms with Gasteiger partial charge in [-0.25, -0.2) is 9.37 Å². The highest BCUT2D eigenvalue weighted by Crippen LogP contribution is 2.34. The smallest absolute Gasteiger partial charge is 0.225 e. The van der Waals surface area contributed by atoms with Gasteiger partial charge in [0.1, 0.15) is 16.5 Å². The number of fused-ring (bicyclic) bond motifs is 1. The molecular formula is C15H13ClFN3S. The van der Waals surface area contributed by atoms with E-state index in [9.17, 15) is 4.39 Å². The summed E-state index contributed by atoms with van der Waals surface area (Å²) in [6.45, 7) is 2.10. The Morgan fingerprint density at radius 1 is 1.24 bits per heavy atom. The van der Waals surface area contributed by atoms with Crippen molar-refractivity contribution in [1.82, 2.24) is 9.97 Å². The van der Waals surface area contributed by atoms with Crippen molar-refractivity contribution in [3.63, 3.8) is 0 Å². The van der Waals surface area contributed by atoms with Crippen molar-refractivity contribution in [3.8, 4) is 0 Å². The number of nitrogens with zero attached hydrogens (tertiary/aromatic N) is 3. The Kier molecular flexibility index (Phi) is 3.78. The van der Waals surface area contributed by atoms with Crippen molar-refractivity contribution in [3.05, 3.63) is 46.3 Å². The number of rotatable bonds is 3. The fraction of sp³-hybridized carbons (Fsp3) is 0.200. The molecule has 3 aromatic rings. The van der Waals surface area contributed by atoms with E-state index in [1.807, 2.05) is 11.9 Å². The van der Waals surface area contributed by atoms with Crippen LogP contribution in [0.2, 0.25) is 5.28 Å². The molecule has 0 aliphatic heterocycles. The van der Waals surface area contributed by atoms with Gasteiger partial charge in [0, 0.05) is 17.6 Å². The van der Waals surface area contributed by atoms with E-state index in [-0.39, 0.29) is 11.1 Å². The molecule has 0 fully saturated rings. The van der Waals surface area contributed by atoms with Gasteiger partial charge in [0.25, 0.3) is 0 Å². The highest BCUT2D eigenvalue weighted by molar-refractivity contribution is 7.18. The van der Waals surface area contributed by atoms with Gasteiger partial charge in [0.05, 0.1) is 5.39 Å². The zero-order valence-corrected chi connectivity index (χ0v) is 13.2. The molecule has 1 aromatic carbocycles. The van der Waals surface area contributed by atoms with Crippen molar-refractivity contribution in [2.45, 2.75) is 13.3 Å². The summed E-state index contributed by atoms with van der Waals surface area (Å²) in [5.41, 5.74) is 0.844. The van der Waals surface area contributed by atoms with Crippen molar-refractivity contribution in [2.24, 2.45) is 0 Å².